The first-order valence-electron chi connectivity index (χ1n) is 7.31. The molecule has 0 unspecified atom stereocenters. The second-order valence-electron chi connectivity index (χ2n) is 5.48. The molecule has 0 fully saturated rings. The Kier molecular flexibility index (Phi) is 3.82. The largest absolute Gasteiger partial charge is 0.497 e. The number of methoxy groups -OCH3 is 2. The Morgan fingerprint density at radius 2 is 1.65 bits per heavy atom. The number of aryl methyl sites for hydroxylation is 2. The molecule has 0 bridgehead atoms. The lowest BCUT2D eigenvalue weighted by Crippen LogP contribution is -2.08. The van der Waals surface area contributed by atoms with Crippen LogP contribution < -0.4 is 14.9 Å². The van der Waals surface area contributed by atoms with E-state index in [4.69, 9.17) is 13.9 Å². The van der Waals surface area contributed by atoms with Gasteiger partial charge in [0.1, 0.15) is 11.3 Å². The maximum Gasteiger partial charge on any atom is 0.235 e. The van der Waals surface area contributed by atoms with Gasteiger partial charge in [0.2, 0.25) is 11.2 Å². The standard InChI is InChI=1S/C19H18O4/c1-11-9-12(2)17-15(10-11)16(20)19(22-4)18(23-17)13-5-7-14(21-3)8-6-13/h5-10H,1-4H3. The molecule has 0 radical (unpaired) electrons. The van der Waals surface area contributed by atoms with Crippen LogP contribution in [0.3, 0.4) is 0 Å². The van der Waals surface area contributed by atoms with Gasteiger partial charge in [0, 0.05) is 5.56 Å². The molecule has 118 valence electrons. The smallest absolute Gasteiger partial charge is 0.235 e. The van der Waals surface area contributed by atoms with Gasteiger partial charge in [0.25, 0.3) is 0 Å². The molecule has 2 aromatic carbocycles. The first-order valence-corrected chi connectivity index (χ1v) is 7.31. The number of rotatable bonds is 3. The molecule has 4 nitrogen and oxygen atoms in total. The van der Waals surface area contributed by atoms with Crippen LogP contribution in [0.2, 0.25) is 0 Å². The first-order chi connectivity index (χ1) is 11.0. The van der Waals surface area contributed by atoms with E-state index in [9.17, 15) is 4.79 Å². The van der Waals surface area contributed by atoms with E-state index in [2.05, 4.69) is 0 Å². The minimum absolute atomic E-state index is 0.161. The molecule has 0 saturated heterocycles. The molecule has 0 spiro atoms. The van der Waals surface area contributed by atoms with Crippen LogP contribution in [0.1, 0.15) is 11.1 Å². The van der Waals surface area contributed by atoms with E-state index < -0.39 is 0 Å². The number of ether oxygens (including phenoxy) is 2. The monoisotopic (exact) mass is 310 g/mol. The van der Waals surface area contributed by atoms with Gasteiger partial charge in [0.15, 0.2) is 5.76 Å². The molecular formula is C19H18O4. The maximum atomic E-state index is 12.8. The number of fused-ring (bicyclic) bond motifs is 1. The lowest BCUT2D eigenvalue weighted by molar-refractivity contribution is 0.398. The molecule has 0 aliphatic carbocycles. The highest BCUT2D eigenvalue weighted by molar-refractivity contribution is 5.85. The number of hydrogen-bond acceptors (Lipinski definition) is 4. The summed E-state index contributed by atoms with van der Waals surface area (Å²) in [5.74, 6) is 1.38. The van der Waals surface area contributed by atoms with E-state index in [1.165, 1.54) is 7.11 Å². The lowest BCUT2D eigenvalue weighted by atomic mass is 10.1. The quantitative estimate of drug-likeness (QED) is 0.731. The first kappa shape index (κ1) is 15.2. The van der Waals surface area contributed by atoms with Crippen molar-refractivity contribution < 1.29 is 13.9 Å². The summed E-state index contributed by atoms with van der Waals surface area (Å²) in [7, 11) is 3.09. The number of benzene rings is 2. The van der Waals surface area contributed by atoms with Crippen molar-refractivity contribution in [3.8, 4) is 22.8 Å². The summed E-state index contributed by atoms with van der Waals surface area (Å²) in [4.78, 5) is 12.8. The van der Waals surface area contributed by atoms with Gasteiger partial charge >= 0.3 is 0 Å². The zero-order valence-corrected chi connectivity index (χ0v) is 13.6. The maximum absolute atomic E-state index is 12.8. The van der Waals surface area contributed by atoms with Crippen LogP contribution in [-0.4, -0.2) is 14.2 Å². The Hall–Kier alpha value is -2.75. The van der Waals surface area contributed by atoms with Crippen LogP contribution in [0.25, 0.3) is 22.3 Å². The molecule has 0 N–H and O–H groups in total. The van der Waals surface area contributed by atoms with Gasteiger partial charge in [-0.1, -0.05) is 6.07 Å². The average molecular weight is 310 g/mol. The summed E-state index contributed by atoms with van der Waals surface area (Å²) in [5, 5.41) is 0.539. The summed E-state index contributed by atoms with van der Waals surface area (Å²) >= 11 is 0. The third kappa shape index (κ3) is 2.57. The third-order valence-corrected chi connectivity index (χ3v) is 3.84. The molecule has 0 saturated carbocycles. The van der Waals surface area contributed by atoms with E-state index in [1.54, 1.807) is 7.11 Å². The highest BCUT2D eigenvalue weighted by atomic mass is 16.5. The second kappa shape index (κ2) is 5.80. The van der Waals surface area contributed by atoms with Crippen molar-refractivity contribution in [1.29, 1.82) is 0 Å². The summed E-state index contributed by atoms with van der Waals surface area (Å²) in [5.41, 5.74) is 3.14. The van der Waals surface area contributed by atoms with Crippen molar-refractivity contribution >= 4 is 11.0 Å². The molecule has 23 heavy (non-hydrogen) atoms. The van der Waals surface area contributed by atoms with Crippen LogP contribution in [-0.2, 0) is 0 Å². The Morgan fingerprint density at radius 1 is 0.957 bits per heavy atom. The SMILES string of the molecule is COc1ccc(-c2oc3c(C)cc(C)cc3c(=O)c2OC)cc1. The van der Waals surface area contributed by atoms with Crippen molar-refractivity contribution in [3.05, 3.63) is 57.7 Å². The van der Waals surface area contributed by atoms with Crippen molar-refractivity contribution in [3.63, 3.8) is 0 Å². The van der Waals surface area contributed by atoms with Crippen molar-refractivity contribution in [2.24, 2.45) is 0 Å². The van der Waals surface area contributed by atoms with Crippen LogP contribution in [0, 0.1) is 13.8 Å². The van der Waals surface area contributed by atoms with Gasteiger partial charge in [0.05, 0.1) is 19.6 Å². The Balaban J connectivity index is 2.33. The topological polar surface area (TPSA) is 48.7 Å². The predicted molar refractivity (Wildman–Crippen MR) is 90.5 cm³/mol. The Labute approximate surface area is 134 Å². The Morgan fingerprint density at radius 3 is 2.26 bits per heavy atom. The molecule has 0 atom stereocenters. The molecule has 3 rings (SSSR count). The molecule has 0 aliphatic heterocycles. The van der Waals surface area contributed by atoms with Gasteiger partial charge in [-0.3, -0.25) is 4.79 Å². The highest BCUT2D eigenvalue weighted by Gasteiger charge is 2.18. The van der Waals surface area contributed by atoms with Crippen LogP contribution in [0.4, 0.5) is 0 Å². The van der Waals surface area contributed by atoms with Crippen LogP contribution in [0.5, 0.6) is 11.5 Å². The van der Waals surface area contributed by atoms with E-state index in [-0.39, 0.29) is 11.2 Å². The average Bonchev–Trinajstić information content (AvgIpc) is 2.55. The molecule has 1 aromatic heterocycles. The van der Waals surface area contributed by atoms with Crippen LogP contribution in [0.15, 0.2) is 45.6 Å². The Bertz CT molecular complexity index is 921. The van der Waals surface area contributed by atoms with Crippen molar-refractivity contribution in [2.45, 2.75) is 13.8 Å². The van der Waals surface area contributed by atoms with Gasteiger partial charge in [-0.15, -0.1) is 0 Å². The van der Waals surface area contributed by atoms with E-state index >= 15 is 0 Å². The second-order valence-corrected chi connectivity index (χ2v) is 5.48. The molecule has 3 aromatic rings. The summed E-state index contributed by atoms with van der Waals surface area (Å²) in [6.45, 7) is 3.89. The summed E-state index contributed by atoms with van der Waals surface area (Å²) in [6.07, 6.45) is 0. The van der Waals surface area contributed by atoms with Crippen molar-refractivity contribution in [1.82, 2.24) is 0 Å². The molecule has 1 heterocycles. The van der Waals surface area contributed by atoms with Gasteiger partial charge in [-0.25, -0.2) is 0 Å². The third-order valence-electron chi connectivity index (χ3n) is 3.84. The van der Waals surface area contributed by atoms with Gasteiger partial charge < -0.3 is 13.9 Å². The fraction of sp³-hybridized carbons (Fsp3) is 0.211. The molecular weight excluding hydrogens is 292 g/mol. The van der Waals surface area contributed by atoms with E-state index in [0.29, 0.717) is 16.7 Å². The summed E-state index contributed by atoms with van der Waals surface area (Å²) < 4.78 is 16.5. The molecule has 4 heteroatoms. The van der Waals surface area contributed by atoms with Crippen molar-refractivity contribution in [2.75, 3.05) is 14.2 Å². The van der Waals surface area contributed by atoms with Gasteiger partial charge in [-0.2, -0.15) is 0 Å². The highest BCUT2D eigenvalue weighted by Crippen LogP contribution is 2.33. The van der Waals surface area contributed by atoms with Crippen LogP contribution >= 0.6 is 0 Å². The fourth-order valence-electron chi connectivity index (χ4n) is 2.75. The zero-order chi connectivity index (χ0) is 16.6. The predicted octanol–water partition coefficient (Wildman–Crippen LogP) is 4.09. The number of hydrogen-bond donors (Lipinski definition) is 0. The zero-order valence-electron chi connectivity index (χ0n) is 13.6. The minimum Gasteiger partial charge on any atom is -0.497 e. The molecule has 0 amide bonds. The minimum atomic E-state index is -0.161. The summed E-state index contributed by atoms with van der Waals surface area (Å²) in [6, 6.07) is 11.1. The molecule has 0 aliphatic rings. The van der Waals surface area contributed by atoms with Gasteiger partial charge in [-0.05, 0) is 55.3 Å². The fourth-order valence-corrected chi connectivity index (χ4v) is 2.75. The normalized spacial score (nSPS) is 10.8. The lowest BCUT2D eigenvalue weighted by Gasteiger charge is -2.11. The van der Waals surface area contributed by atoms with E-state index in [0.717, 1.165) is 22.4 Å². The van der Waals surface area contributed by atoms with E-state index in [1.807, 2.05) is 50.2 Å².